The lowest BCUT2D eigenvalue weighted by Crippen LogP contribution is -2.40. The van der Waals surface area contributed by atoms with Crippen LogP contribution in [-0.4, -0.2) is 50.3 Å². The first-order chi connectivity index (χ1) is 12.0. The fourth-order valence-corrected chi connectivity index (χ4v) is 2.95. The van der Waals surface area contributed by atoms with E-state index < -0.39 is 5.82 Å². The smallest absolute Gasteiger partial charge is 0.253 e. The minimum Gasteiger partial charge on any atom is -0.376 e. The SMILES string of the molecule is CN(C[C@H]1COCCO1)C(=O)c1cccc(-c2ccc(Cl)cc2F)c1. The molecule has 0 radical (unpaired) electrons. The van der Waals surface area contributed by atoms with Gasteiger partial charge in [0.25, 0.3) is 5.91 Å². The van der Waals surface area contributed by atoms with E-state index in [1.165, 1.54) is 6.07 Å². The molecule has 1 aliphatic heterocycles. The maximum atomic E-state index is 14.1. The first-order valence-corrected chi connectivity index (χ1v) is 8.42. The fourth-order valence-electron chi connectivity index (χ4n) is 2.79. The molecule has 0 unspecified atom stereocenters. The van der Waals surface area contributed by atoms with Gasteiger partial charge in [0.15, 0.2) is 0 Å². The normalized spacial score (nSPS) is 17.3. The Morgan fingerprint density at radius 1 is 1.28 bits per heavy atom. The highest BCUT2D eigenvalue weighted by molar-refractivity contribution is 6.30. The van der Waals surface area contributed by atoms with Crippen molar-refractivity contribution in [3.05, 3.63) is 58.9 Å². The second-order valence-corrected chi connectivity index (χ2v) is 6.39. The molecule has 1 saturated heterocycles. The topological polar surface area (TPSA) is 38.8 Å². The van der Waals surface area contributed by atoms with E-state index in [9.17, 15) is 9.18 Å². The lowest BCUT2D eigenvalue weighted by molar-refractivity contribution is -0.0933. The van der Waals surface area contributed by atoms with Crippen LogP contribution in [0.3, 0.4) is 0 Å². The molecule has 0 aromatic heterocycles. The van der Waals surface area contributed by atoms with Crippen LogP contribution in [0.4, 0.5) is 4.39 Å². The number of nitrogens with zero attached hydrogens (tertiary/aromatic N) is 1. The van der Waals surface area contributed by atoms with Gasteiger partial charge in [0, 0.05) is 29.7 Å². The zero-order valence-electron chi connectivity index (χ0n) is 13.9. The molecule has 25 heavy (non-hydrogen) atoms. The zero-order chi connectivity index (χ0) is 17.8. The van der Waals surface area contributed by atoms with Crippen molar-refractivity contribution in [3.63, 3.8) is 0 Å². The number of halogens is 2. The van der Waals surface area contributed by atoms with Gasteiger partial charge in [-0.3, -0.25) is 4.79 Å². The molecule has 1 heterocycles. The molecule has 3 rings (SSSR count). The van der Waals surface area contributed by atoms with Crippen molar-refractivity contribution in [2.45, 2.75) is 6.10 Å². The molecule has 1 aliphatic rings. The van der Waals surface area contributed by atoms with E-state index in [0.29, 0.717) is 48.1 Å². The predicted molar refractivity (Wildman–Crippen MR) is 94.4 cm³/mol. The number of carbonyl (C=O) groups is 1. The summed E-state index contributed by atoms with van der Waals surface area (Å²) in [5.74, 6) is -0.566. The van der Waals surface area contributed by atoms with E-state index in [4.69, 9.17) is 21.1 Å². The van der Waals surface area contributed by atoms with Crippen molar-refractivity contribution in [1.82, 2.24) is 4.90 Å². The summed E-state index contributed by atoms with van der Waals surface area (Å²) in [5, 5.41) is 0.336. The molecule has 1 fully saturated rings. The van der Waals surface area contributed by atoms with Gasteiger partial charge < -0.3 is 14.4 Å². The quantitative estimate of drug-likeness (QED) is 0.832. The van der Waals surface area contributed by atoms with Gasteiger partial charge in [-0.05, 0) is 35.9 Å². The first-order valence-electron chi connectivity index (χ1n) is 8.05. The van der Waals surface area contributed by atoms with Gasteiger partial charge in [-0.15, -0.1) is 0 Å². The average molecular weight is 364 g/mol. The molecule has 4 nitrogen and oxygen atoms in total. The number of hydrogen-bond donors (Lipinski definition) is 0. The highest BCUT2D eigenvalue weighted by atomic mass is 35.5. The van der Waals surface area contributed by atoms with Crippen molar-refractivity contribution in [2.24, 2.45) is 0 Å². The number of amides is 1. The summed E-state index contributed by atoms with van der Waals surface area (Å²) >= 11 is 5.80. The van der Waals surface area contributed by atoms with Crippen LogP contribution >= 0.6 is 11.6 Å². The van der Waals surface area contributed by atoms with Crippen LogP contribution in [0, 0.1) is 5.82 Å². The highest BCUT2D eigenvalue weighted by Crippen LogP contribution is 2.26. The summed E-state index contributed by atoms with van der Waals surface area (Å²) in [6, 6.07) is 11.4. The van der Waals surface area contributed by atoms with E-state index in [-0.39, 0.29) is 12.0 Å². The van der Waals surface area contributed by atoms with Crippen LogP contribution in [-0.2, 0) is 9.47 Å². The summed E-state index contributed by atoms with van der Waals surface area (Å²) in [6.45, 7) is 2.05. The van der Waals surface area contributed by atoms with Crippen LogP contribution in [0.15, 0.2) is 42.5 Å². The molecule has 0 spiro atoms. The maximum Gasteiger partial charge on any atom is 0.253 e. The third-order valence-corrected chi connectivity index (χ3v) is 4.30. The Labute approximate surface area is 151 Å². The predicted octanol–water partition coefficient (Wildman–Crippen LogP) is 3.63. The molecule has 6 heteroatoms. The third-order valence-electron chi connectivity index (χ3n) is 4.06. The zero-order valence-corrected chi connectivity index (χ0v) is 14.6. The van der Waals surface area contributed by atoms with Crippen molar-refractivity contribution in [3.8, 4) is 11.1 Å². The number of ether oxygens (including phenoxy) is 2. The lowest BCUT2D eigenvalue weighted by atomic mass is 10.0. The standard InChI is InChI=1S/C19H19ClFNO3/c1-22(11-16-12-24-7-8-25-16)19(23)14-4-2-3-13(9-14)17-6-5-15(20)10-18(17)21/h2-6,9-10,16H,7-8,11-12H2,1H3/t16-/m0/s1. The minimum atomic E-state index is -0.418. The molecule has 132 valence electrons. The molecule has 1 amide bonds. The second kappa shape index (κ2) is 7.95. The van der Waals surface area contributed by atoms with Gasteiger partial charge in [0.05, 0.1) is 25.9 Å². The highest BCUT2D eigenvalue weighted by Gasteiger charge is 2.20. The molecule has 0 N–H and O–H groups in total. The van der Waals surface area contributed by atoms with Crippen molar-refractivity contribution in [1.29, 1.82) is 0 Å². The van der Waals surface area contributed by atoms with Gasteiger partial charge in [-0.25, -0.2) is 4.39 Å². The van der Waals surface area contributed by atoms with Crippen molar-refractivity contribution < 1.29 is 18.7 Å². The number of carbonyl (C=O) groups excluding carboxylic acids is 1. The van der Waals surface area contributed by atoms with Gasteiger partial charge in [-0.2, -0.15) is 0 Å². The van der Waals surface area contributed by atoms with E-state index in [0.717, 1.165) is 0 Å². The van der Waals surface area contributed by atoms with Gasteiger partial charge in [0.1, 0.15) is 5.82 Å². The molecule has 0 saturated carbocycles. The average Bonchev–Trinajstić information content (AvgIpc) is 2.62. The van der Waals surface area contributed by atoms with Crippen molar-refractivity contribution in [2.75, 3.05) is 33.4 Å². The molecule has 2 aromatic carbocycles. The molecule has 0 bridgehead atoms. The van der Waals surface area contributed by atoms with Crippen LogP contribution in [0.2, 0.25) is 5.02 Å². The van der Waals surface area contributed by atoms with Crippen LogP contribution in [0.1, 0.15) is 10.4 Å². The Morgan fingerprint density at radius 2 is 2.12 bits per heavy atom. The van der Waals surface area contributed by atoms with E-state index in [2.05, 4.69) is 0 Å². The lowest BCUT2D eigenvalue weighted by Gasteiger charge is -2.27. The minimum absolute atomic E-state index is 0.125. The van der Waals surface area contributed by atoms with Crippen LogP contribution in [0.5, 0.6) is 0 Å². The number of rotatable bonds is 4. The molecule has 1 atom stereocenters. The summed E-state index contributed by atoms with van der Waals surface area (Å²) in [7, 11) is 1.72. The van der Waals surface area contributed by atoms with Gasteiger partial charge in [0.2, 0.25) is 0 Å². The maximum absolute atomic E-state index is 14.1. The number of likely N-dealkylation sites (N-methyl/N-ethyl adjacent to an activating group) is 1. The molecular formula is C19H19ClFNO3. The molecular weight excluding hydrogens is 345 g/mol. The third kappa shape index (κ3) is 4.37. The summed E-state index contributed by atoms with van der Waals surface area (Å²) in [4.78, 5) is 14.2. The Balaban J connectivity index is 1.77. The second-order valence-electron chi connectivity index (χ2n) is 5.96. The Hall–Kier alpha value is -1.95. The monoisotopic (exact) mass is 363 g/mol. The Kier molecular flexibility index (Phi) is 5.68. The van der Waals surface area contributed by atoms with Crippen molar-refractivity contribution >= 4 is 17.5 Å². The Bertz CT molecular complexity index is 762. The first kappa shape index (κ1) is 17.9. The van der Waals surface area contributed by atoms with Gasteiger partial charge >= 0.3 is 0 Å². The van der Waals surface area contributed by atoms with Crippen LogP contribution in [0.25, 0.3) is 11.1 Å². The van der Waals surface area contributed by atoms with E-state index in [1.54, 1.807) is 48.3 Å². The van der Waals surface area contributed by atoms with E-state index in [1.807, 2.05) is 0 Å². The Morgan fingerprint density at radius 3 is 2.84 bits per heavy atom. The summed E-state index contributed by atoms with van der Waals surface area (Å²) < 4.78 is 25.1. The molecule has 2 aromatic rings. The largest absolute Gasteiger partial charge is 0.376 e. The summed E-state index contributed by atoms with van der Waals surface area (Å²) in [5.41, 5.74) is 1.53. The fraction of sp³-hybridized carbons (Fsp3) is 0.316. The molecule has 0 aliphatic carbocycles. The number of hydrogen-bond acceptors (Lipinski definition) is 3. The summed E-state index contributed by atoms with van der Waals surface area (Å²) in [6.07, 6.45) is -0.125. The van der Waals surface area contributed by atoms with Crippen LogP contribution < -0.4 is 0 Å². The van der Waals surface area contributed by atoms with E-state index >= 15 is 0 Å². The van der Waals surface area contributed by atoms with Gasteiger partial charge in [-0.1, -0.05) is 23.7 Å². The number of benzene rings is 2.